The lowest BCUT2D eigenvalue weighted by Gasteiger charge is -2.03. The first kappa shape index (κ1) is 11.1. The number of carbonyl (C=O) groups excluding carboxylic acids is 1. The van der Waals surface area contributed by atoms with Crippen molar-refractivity contribution >= 4 is 5.91 Å². The Kier molecular flexibility index (Phi) is 3.19. The summed E-state index contributed by atoms with van der Waals surface area (Å²) in [6.45, 7) is 2.71. The summed E-state index contributed by atoms with van der Waals surface area (Å²) in [7, 11) is 0. The van der Waals surface area contributed by atoms with Crippen LogP contribution in [-0.4, -0.2) is 26.9 Å². The zero-order valence-electron chi connectivity index (χ0n) is 9.39. The first-order valence-electron chi connectivity index (χ1n) is 5.61. The average Bonchev–Trinajstić information content (AvgIpc) is 2.85. The van der Waals surface area contributed by atoms with Crippen molar-refractivity contribution in [3.8, 4) is 0 Å². The number of aromatic nitrogens is 3. The minimum absolute atomic E-state index is 0.00517. The molecule has 2 atom stereocenters. The van der Waals surface area contributed by atoms with E-state index in [9.17, 15) is 4.79 Å². The van der Waals surface area contributed by atoms with Crippen LogP contribution in [0.1, 0.15) is 25.5 Å². The van der Waals surface area contributed by atoms with Crippen molar-refractivity contribution < 1.29 is 4.79 Å². The highest BCUT2D eigenvalue weighted by Gasteiger charge is 2.36. The molecule has 0 aliphatic heterocycles. The summed E-state index contributed by atoms with van der Waals surface area (Å²) >= 11 is 0. The SMILES string of the molecule is CCC1CC1NC(=O)Cn1cc(CN)nn1. The summed E-state index contributed by atoms with van der Waals surface area (Å²) in [5.41, 5.74) is 6.10. The molecule has 1 aromatic heterocycles. The Morgan fingerprint density at radius 2 is 2.56 bits per heavy atom. The fourth-order valence-electron chi connectivity index (χ4n) is 1.78. The van der Waals surface area contributed by atoms with Crippen molar-refractivity contribution in [2.24, 2.45) is 11.7 Å². The van der Waals surface area contributed by atoms with Crippen molar-refractivity contribution in [3.63, 3.8) is 0 Å². The first-order chi connectivity index (χ1) is 7.72. The molecule has 6 heteroatoms. The zero-order chi connectivity index (χ0) is 11.5. The van der Waals surface area contributed by atoms with Crippen molar-refractivity contribution in [3.05, 3.63) is 11.9 Å². The van der Waals surface area contributed by atoms with Gasteiger partial charge in [0, 0.05) is 12.6 Å². The van der Waals surface area contributed by atoms with Gasteiger partial charge < -0.3 is 11.1 Å². The summed E-state index contributed by atoms with van der Waals surface area (Å²) < 4.78 is 1.51. The standard InChI is InChI=1S/C10H17N5O/c1-2-7-3-9(7)12-10(16)6-15-5-8(4-11)13-14-15/h5,7,9H,2-4,6,11H2,1H3,(H,12,16). The molecule has 1 aliphatic carbocycles. The van der Waals surface area contributed by atoms with Gasteiger partial charge in [-0.25, -0.2) is 4.68 Å². The quantitative estimate of drug-likeness (QED) is 0.714. The van der Waals surface area contributed by atoms with Crippen molar-refractivity contribution in [2.75, 3.05) is 0 Å². The molecule has 0 aromatic carbocycles. The van der Waals surface area contributed by atoms with Crippen molar-refractivity contribution in [1.82, 2.24) is 20.3 Å². The number of amides is 1. The van der Waals surface area contributed by atoms with E-state index in [0.717, 1.165) is 12.8 Å². The molecule has 6 nitrogen and oxygen atoms in total. The van der Waals surface area contributed by atoms with Gasteiger partial charge in [-0.2, -0.15) is 0 Å². The summed E-state index contributed by atoms with van der Waals surface area (Å²) in [5, 5.41) is 10.6. The van der Waals surface area contributed by atoms with Gasteiger partial charge in [0.25, 0.3) is 0 Å². The van der Waals surface area contributed by atoms with Crippen LogP contribution in [0.5, 0.6) is 0 Å². The Balaban J connectivity index is 1.79. The molecule has 2 rings (SSSR count). The van der Waals surface area contributed by atoms with E-state index in [1.165, 1.54) is 4.68 Å². The third-order valence-corrected chi connectivity index (χ3v) is 2.89. The fourth-order valence-corrected chi connectivity index (χ4v) is 1.78. The van der Waals surface area contributed by atoms with E-state index in [1.54, 1.807) is 6.20 Å². The van der Waals surface area contributed by atoms with E-state index in [0.29, 0.717) is 24.2 Å². The smallest absolute Gasteiger partial charge is 0.242 e. The predicted molar refractivity (Wildman–Crippen MR) is 58.2 cm³/mol. The largest absolute Gasteiger partial charge is 0.351 e. The highest BCUT2D eigenvalue weighted by Crippen LogP contribution is 2.32. The van der Waals surface area contributed by atoms with Crippen molar-refractivity contribution in [2.45, 2.75) is 38.9 Å². The minimum atomic E-state index is -0.00517. The Labute approximate surface area is 94.2 Å². The van der Waals surface area contributed by atoms with Gasteiger partial charge in [0.05, 0.1) is 11.9 Å². The average molecular weight is 223 g/mol. The molecule has 0 saturated heterocycles. The second-order valence-corrected chi connectivity index (χ2v) is 4.19. The maximum absolute atomic E-state index is 11.6. The number of nitrogens with two attached hydrogens (primary N) is 1. The summed E-state index contributed by atoms with van der Waals surface area (Å²) in [6, 6.07) is 0.370. The van der Waals surface area contributed by atoms with Crippen LogP contribution in [0.25, 0.3) is 0 Å². The molecule has 1 aliphatic rings. The van der Waals surface area contributed by atoms with E-state index < -0.39 is 0 Å². The highest BCUT2D eigenvalue weighted by atomic mass is 16.2. The third kappa shape index (κ3) is 2.57. The van der Waals surface area contributed by atoms with Gasteiger partial charge in [-0.3, -0.25) is 4.79 Å². The first-order valence-corrected chi connectivity index (χ1v) is 5.61. The minimum Gasteiger partial charge on any atom is -0.351 e. The molecular formula is C10H17N5O. The molecule has 1 amide bonds. The molecule has 1 heterocycles. The number of nitrogens with one attached hydrogen (secondary N) is 1. The number of rotatable bonds is 5. The van der Waals surface area contributed by atoms with Gasteiger partial charge in [-0.15, -0.1) is 5.10 Å². The van der Waals surface area contributed by atoms with E-state index >= 15 is 0 Å². The normalized spacial score (nSPS) is 23.1. The Hall–Kier alpha value is -1.43. The summed E-state index contributed by atoms with van der Waals surface area (Å²) in [4.78, 5) is 11.6. The predicted octanol–water partition coefficient (Wildman–Crippen LogP) is -0.348. The fraction of sp³-hybridized carbons (Fsp3) is 0.700. The molecule has 1 saturated carbocycles. The van der Waals surface area contributed by atoms with Gasteiger partial charge in [0.2, 0.25) is 5.91 Å². The molecule has 1 fully saturated rings. The lowest BCUT2D eigenvalue weighted by molar-refractivity contribution is -0.122. The lowest BCUT2D eigenvalue weighted by atomic mass is 10.3. The second kappa shape index (κ2) is 4.61. The van der Waals surface area contributed by atoms with Gasteiger partial charge in [0.1, 0.15) is 6.54 Å². The van der Waals surface area contributed by atoms with Crippen LogP contribution in [-0.2, 0) is 17.9 Å². The van der Waals surface area contributed by atoms with Gasteiger partial charge >= 0.3 is 0 Å². The monoisotopic (exact) mass is 223 g/mol. The molecule has 3 N–H and O–H groups in total. The number of carbonyl (C=O) groups is 1. The van der Waals surface area contributed by atoms with Crippen molar-refractivity contribution in [1.29, 1.82) is 0 Å². The van der Waals surface area contributed by atoms with Crippen LogP contribution >= 0.6 is 0 Å². The van der Waals surface area contributed by atoms with Gasteiger partial charge in [-0.05, 0) is 12.3 Å². The van der Waals surface area contributed by atoms with Crippen LogP contribution in [0.2, 0.25) is 0 Å². The van der Waals surface area contributed by atoms with Crippen LogP contribution in [0, 0.1) is 5.92 Å². The summed E-state index contributed by atoms with van der Waals surface area (Å²) in [6.07, 6.45) is 3.93. The highest BCUT2D eigenvalue weighted by molar-refractivity contribution is 5.76. The number of hydrogen-bond donors (Lipinski definition) is 2. The number of hydrogen-bond acceptors (Lipinski definition) is 4. The molecule has 16 heavy (non-hydrogen) atoms. The molecule has 0 radical (unpaired) electrons. The molecular weight excluding hydrogens is 206 g/mol. The van der Waals surface area contributed by atoms with Gasteiger partial charge in [0.15, 0.2) is 0 Å². The topological polar surface area (TPSA) is 85.8 Å². The molecule has 1 aromatic rings. The lowest BCUT2D eigenvalue weighted by Crippen LogP contribution is -2.30. The maximum atomic E-state index is 11.6. The zero-order valence-corrected chi connectivity index (χ0v) is 9.39. The van der Waals surface area contributed by atoms with Crippen LogP contribution in [0.15, 0.2) is 6.20 Å². The molecule has 88 valence electrons. The maximum Gasteiger partial charge on any atom is 0.242 e. The Morgan fingerprint density at radius 1 is 1.75 bits per heavy atom. The Morgan fingerprint density at radius 3 is 3.12 bits per heavy atom. The van der Waals surface area contributed by atoms with E-state index in [1.807, 2.05) is 0 Å². The third-order valence-electron chi connectivity index (χ3n) is 2.89. The van der Waals surface area contributed by atoms with Crippen LogP contribution in [0.3, 0.4) is 0 Å². The van der Waals surface area contributed by atoms with Gasteiger partial charge in [-0.1, -0.05) is 18.6 Å². The molecule has 0 bridgehead atoms. The van der Waals surface area contributed by atoms with Crippen LogP contribution < -0.4 is 11.1 Å². The van der Waals surface area contributed by atoms with E-state index in [4.69, 9.17) is 5.73 Å². The molecule has 0 spiro atoms. The molecule has 2 unspecified atom stereocenters. The van der Waals surface area contributed by atoms with Crippen LogP contribution in [0.4, 0.5) is 0 Å². The van der Waals surface area contributed by atoms with E-state index in [-0.39, 0.29) is 12.5 Å². The number of nitrogens with zero attached hydrogens (tertiary/aromatic N) is 3. The summed E-state index contributed by atoms with van der Waals surface area (Å²) in [5.74, 6) is 0.661. The second-order valence-electron chi connectivity index (χ2n) is 4.19. The van der Waals surface area contributed by atoms with E-state index in [2.05, 4.69) is 22.6 Å². The Bertz CT molecular complexity index is 375.